The van der Waals surface area contributed by atoms with Crippen LogP contribution in [0.3, 0.4) is 0 Å². The number of nitrogens with one attached hydrogen (secondary N) is 1. The Bertz CT molecular complexity index is 960. The molecule has 1 N–H and O–H groups in total. The third-order valence-electron chi connectivity index (χ3n) is 5.35. The third kappa shape index (κ3) is 2.55. The van der Waals surface area contributed by atoms with Gasteiger partial charge in [0.25, 0.3) is 5.91 Å². The van der Waals surface area contributed by atoms with Crippen LogP contribution in [0.5, 0.6) is 0 Å². The Labute approximate surface area is 152 Å². The lowest BCUT2D eigenvalue weighted by atomic mass is 9.89. The number of nitrogens with zero attached hydrogens (tertiary/aromatic N) is 2. The van der Waals surface area contributed by atoms with Crippen molar-refractivity contribution in [3.8, 4) is 6.07 Å². The van der Waals surface area contributed by atoms with Crippen molar-refractivity contribution in [2.45, 2.75) is 38.3 Å². The third-order valence-corrected chi connectivity index (χ3v) is 5.35. The van der Waals surface area contributed by atoms with Crippen LogP contribution in [0.1, 0.15) is 41.2 Å². The van der Waals surface area contributed by atoms with E-state index in [9.17, 15) is 9.59 Å². The number of imide groups is 1. The highest BCUT2D eigenvalue weighted by Gasteiger charge is 2.49. The maximum absolute atomic E-state index is 13.1. The molecule has 130 valence electrons. The molecule has 5 nitrogen and oxygen atoms in total. The zero-order chi connectivity index (χ0) is 18.3. The normalized spacial score (nSPS) is 21.5. The van der Waals surface area contributed by atoms with Crippen LogP contribution in [-0.2, 0) is 29.7 Å². The van der Waals surface area contributed by atoms with Crippen LogP contribution in [0, 0.1) is 11.3 Å². The molecule has 1 aliphatic carbocycles. The predicted octanol–water partition coefficient (Wildman–Crippen LogP) is 3.01. The number of hydrogen-bond donors (Lipinski definition) is 1. The number of rotatable bonds is 3. The zero-order valence-electron chi connectivity index (χ0n) is 14.6. The fraction of sp³-hybridized carbons (Fsp3) is 0.286. The van der Waals surface area contributed by atoms with Gasteiger partial charge in [-0.2, -0.15) is 5.26 Å². The summed E-state index contributed by atoms with van der Waals surface area (Å²) in [6, 6.07) is 14.7. The van der Waals surface area contributed by atoms with E-state index in [2.05, 4.69) is 23.5 Å². The summed E-state index contributed by atoms with van der Waals surface area (Å²) in [4.78, 5) is 26.8. The summed E-state index contributed by atoms with van der Waals surface area (Å²) in [5.74, 6) is -0.261. The molecule has 26 heavy (non-hydrogen) atoms. The Balaban J connectivity index is 1.63. The van der Waals surface area contributed by atoms with Crippen molar-refractivity contribution in [3.05, 3.63) is 70.3 Å². The van der Waals surface area contributed by atoms with Gasteiger partial charge in [-0.15, -0.1) is 0 Å². The van der Waals surface area contributed by atoms with Crippen molar-refractivity contribution in [2.75, 3.05) is 0 Å². The van der Waals surface area contributed by atoms with Crippen LogP contribution in [0.15, 0.2) is 42.5 Å². The van der Waals surface area contributed by atoms with Crippen molar-refractivity contribution in [1.29, 1.82) is 5.26 Å². The fourth-order valence-electron chi connectivity index (χ4n) is 3.84. The molecule has 0 radical (unpaired) electrons. The van der Waals surface area contributed by atoms with Crippen LogP contribution in [0.25, 0.3) is 0 Å². The second-order valence-corrected chi connectivity index (χ2v) is 7.10. The standard InChI is InChI=1S/C21H19N3O2/c1-21(18-9-8-16-6-3-7-17(16)11-18)19(25)24(20(26)23-21)13-15-5-2-4-14(10-15)12-22/h2,4-5,8-11H,3,6-7,13H2,1H3,(H,23,26)/t21-/m1/s1. The number of benzene rings is 2. The smallest absolute Gasteiger partial charge is 0.319 e. The minimum atomic E-state index is -1.05. The summed E-state index contributed by atoms with van der Waals surface area (Å²) in [6.07, 6.45) is 3.23. The summed E-state index contributed by atoms with van der Waals surface area (Å²) in [7, 11) is 0. The van der Waals surface area contributed by atoms with Crippen LogP contribution in [0.4, 0.5) is 4.79 Å². The highest BCUT2D eigenvalue weighted by atomic mass is 16.2. The van der Waals surface area contributed by atoms with Crippen molar-refractivity contribution >= 4 is 11.9 Å². The van der Waals surface area contributed by atoms with E-state index in [0.717, 1.165) is 30.4 Å². The van der Waals surface area contributed by atoms with Gasteiger partial charge < -0.3 is 5.32 Å². The van der Waals surface area contributed by atoms with Gasteiger partial charge in [-0.3, -0.25) is 9.69 Å². The maximum Gasteiger partial charge on any atom is 0.325 e. The summed E-state index contributed by atoms with van der Waals surface area (Å²) in [5, 5.41) is 11.9. The van der Waals surface area contributed by atoms with Crippen LogP contribution in [0.2, 0.25) is 0 Å². The van der Waals surface area contributed by atoms with E-state index in [1.807, 2.05) is 12.1 Å². The Kier molecular flexibility index (Phi) is 3.77. The van der Waals surface area contributed by atoms with E-state index in [-0.39, 0.29) is 12.5 Å². The molecule has 2 aliphatic rings. The molecule has 1 saturated heterocycles. The minimum absolute atomic E-state index is 0.153. The van der Waals surface area contributed by atoms with Gasteiger partial charge in [0, 0.05) is 0 Å². The van der Waals surface area contributed by atoms with E-state index in [4.69, 9.17) is 5.26 Å². The first kappa shape index (κ1) is 16.3. The molecular weight excluding hydrogens is 326 g/mol. The lowest BCUT2D eigenvalue weighted by Gasteiger charge is -2.23. The monoisotopic (exact) mass is 345 g/mol. The van der Waals surface area contributed by atoms with Gasteiger partial charge in [-0.05, 0) is 60.6 Å². The number of amides is 3. The number of carbonyl (C=O) groups excluding carboxylic acids is 2. The molecule has 4 rings (SSSR count). The summed E-state index contributed by atoms with van der Waals surface area (Å²) < 4.78 is 0. The van der Waals surface area contributed by atoms with Gasteiger partial charge in [0.1, 0.15) is 5.54 Å². The molecular formula is C21H19N3O2. The highest BCUT2D eigenvalue weighted by molar-refractivity contribution is 6.07. The number of urea groups is 1. The molecule has 3 amide bonds. The number of hydrogen-bond acceptors (Lipinski definition) is 3. The summed E-state index contributed by atoms with van der Waals surface area (Å²) >= 11 is 0. The van der Waals surface area contributed by atoms with Crippen LogP contribution in [-0.4, -0.2) is 16.8 Å². The second-order valence-electron chi connectivity index (χ2n) is 7.10. The molecule has 1 atom stereocenters. The van der Waals surface area contributed by atoms with Gasteiger partial charge >= 0.3 is 6.03 Å². The number of aryl methyl sites for hydroxylation is 2. The zero-order valence-corrected chi connectivity index (χ0v) is 14.6. The van der Waals surface area contributed by atoms with E-state index < -0.39 is 11.6 Å². The first-order valence-electron chi connectivity index (χ1n) is 8.77. The van der Waals surface area contributed by atoms with Crippen molar-refractivity contribution < 1.29 is 9.59 Å². The lowest BCUT2D eigenvalue weighted by Crippen LogP contribution is -2.40. The van der Waals surface area contributed by atoms with Gasteiger partial charge in [0.05, 0.1) is 18.2 Å². The summed E-state index contributed by atoms with van der Waals surface area (Å²) in [6.45, 7) is 1.91. The molecule has 5 heteroatoms. The topological polar surface area (TPSA) is 73.2 Å². The maximum atomic E-state index is 13.1. The predicted molar refractivity (Wildman–Crippen MR) is 96.1 cm³/mol. The summed E-state index contributed by atoms with van der Waals surface area (Å²) in [5.41, 5.74) is 3.64. The van der Waals surface area contributed by atoms with Gasteiger partial charge in [-0.1, -0.05) is 30.3 Å². The average Bonchev–Trinajstić information content (AvgIpc) is 3.20. The van der Waals surface area contributed by atoms with E-state index >= 15 is 0 Å². The van der Waals surface area contributed by atoms with Crippen molar-refractivity contribution in [1.82, 2.24) is 10.2 Å². The second kappa shape index (κ2) is 5.99. The van der Waals surface area contributed by atoms with Crippen LogP contribution < -0.4 is 5.32 Å². The average molecular weight is 345 g/mol. The quantitative estimate of drug-likeness (QED) is 0.869. The first-order valence-corrected chi connectivity index (χ1v) is 8.77. The van der Waals surface area contributed by atoms with Crippen LogP contribution >= 0.6 is 0 Å². The first-order chi connectivity index (χ1) is 12.5. The van der Waals surface area contributed by atoms with E-state index in [0.29, 0.717) is 5.56 Å². The molecule has 1 heterocycles. The van der Waals surface area contributed by atoms with Gasteiger partial charge in [0.15, 0.2) is 0 Å². The van der Waals surface area contributed by atoms with Gasteiger partial charge in [0.2, 0.25) is 0 Å². The lowest BCUT2D eigenvalue weighted by molar-refractivity contribution is -0.131. The van der Waals surface area contributed by atoms with E-state index in [1.54, 1.807) is 25.1 Å². The fourth-order valence-corrected chi connectivity index (χ4v) is 3.84. The molecule has 2 aromatic carbocycles. The molecule has 1 fully saturated rings. The number of carbonyl (C=O) groups is 2. The molecule has 0 unspecified atom stereocenters. The Morgan fingerprint density at radius 1 is 1.15 bits per heavy atom. The van der Waals surface area contributed by atoms with Gasteiger partial charge in [-0.25, -0.2) is 4.79 Å². The Morgan fingerprint density at radius 3 is 2.77 bits per heavy atom. The highest BCUT2D eigenvalue weighted by Crippen LogP contribution is 2.33. The Morgan fingerprint density at radius 2 is 1.96 bits per heavy atom. The molecule has 1 aliphatic heterocycles. The number of fused-ring (bicyclic) bond motifs is 1. The largest absolute Gasteiger partial charge is 0.325 e. The minimum Gasteiger partial charge on any atom is -0.319 e. The molecule has 0 saturated carbocycles. The van der Waals surface area contributed by atoms with E-state index in [1.165, 1.54) is 16.0 Å². The molecule has 0 aromatic heterocycles. The van der Waals surface area contributed by atoms with Crippen molar-refractivity contribution in [2.24, 2.45) is 0 Å². The number of nitriles is 1. The SMILES string of the molecule is C[C@]1(c2ccc3c(c2)CCC3)NC(=O)N(Cc2cccc(C#N)c2)C1=O. The molecule has 0 spiro atoms. The van der Waals surface area contributed by atoms with Crippen molar-refractivity contribution in [3.63, 3.8) is 0 Å². The Hall–Kier alpha value is -3.13. The molecule has 0 bridgehead atoms. The molecule has 2 aromatic rings.